The van der Waals surface area contributed by atoms with Gasteiger partial charge in [-0.15, -0.1) is 0 Å². The van der Waals surface area contributed by atoms with E-state index in [1.165, 1.54) is 12.1 Å². The zero-order valence-corrected chi connectivity index (χ0v) is 17.0. The van der Waals surface area contributed by atoms with Crippen LogP contribution in [0.4, 0.5) is 5.88 Å². The molecule has 3 aromatic carbocycles. The van der Waals surface area contributed by atoms with E-state index < -0.39 is 10.0 Å². The largest absolute Gasteiger partial charge is 0.438 e. The summed E-state index contributed by atoms with van der Waals surface area (Å²) in [5.74, 6) is 0.329. The Morgan fingerprint density at radius 1 is 0.833 bits per heavy atom. The van der Waals surface area contributed by atoms with Crippen LogP contribution in [0.5, 0.6) is 0 Å². The molecule has 5 nitrogen and oxygen atoms in total. The summed E-state index contributed by atoms with van der Waals surface area (Å²) in [5.41, 5.74) is 3.13. The van der Waals surface area contributed by atoms with Crippen LogP contribution < -0.4 is 4.72 Å². The van der Waals surface area contributed by atoms with E-state index in [-0.39, 0.29) is 16.3 Å². The van der Waals surface area contributed by atoms with Crippen LogP contribution in [0.25, 0.3) is 22.5 Å². The van der Waals surface area contributed by atoms with E-state index in [1.807, 2.05) is 67.6 Å². The molecule has 0 unspecified atom stereocenters. The molecule has 148 valence electrons. The Morgan fingerprint density at radius 3 is 1.97 bits per heavy atom. The molecule has 1 heterocycles. The highest BCUT2D eigenvalue weighted by molar-refractivity contribution is 7.92. The Bertz CT molecular complexity index is 1320. The van der Waals surface area contributed by atoms with E-state index in [0.29, 0.717) is 11.3 Å². The molecule has 0 atom stereocenters. The van der Waals surface area contributed by atoms with Crippen molar-refractivity contribution in [2.45, 2.75) is 11.8 Å². The summed E-state index contributed by atoms with van der Waals surface area (Å²) in [5, 5.41) is 9.88. The zero-order valence-electron chi connectivity index (χ0n) is 16.2. The van der Waals surface area contributed by atoms with E-state index in [2.05, 4.69) is 10.8 Å². The third-order valence-electron chi connectivity index (χ3n) is 4.68. The van der Waals surface area contributed by atoms with Gasteiger partial charge in [0.15, 0.2) is 0 Å². The van der Waals surface area contributed by atoms with E-state index >= 15 is 0 Å². The maximum atomic E-state index is 12.9. The summed E-state index contributed by atoms with van der Waals surface area (Å²) in [6.45, 7) is 1.88. The predicted octanol–water partition coefficient (Wildman–Crippen LogP) is 5.59. The molecule has 0 aliphatic carbocycles. The molecule has 0 bridgehead atoms. The molecular weight excluding hydrogens is 396 g/mol. The first kappa shape index (κ1) is 19.5. The van der Waals surface area contributed by atoms with E-state index in [4.69, 9.17) is 4.42 Å². The van der Waals surface area contributed by atoms with E-state index in [9.17, 15) is 13.7 Å². The Hall–Kier alpha value is -3.82. The molecule has 4 aromatic rings. The minimum atomic E-state index is -3.93. The summed E-state index contributed by atoms with van der Waals surface area (Å²) in [4.78, 5) is 0.0934. The molecule has 6 heteroatoms. The van der Waals surface area contributed by atoms with Gasteiger partial charge < -0.3 is 4.42 Å². The third-order valence-corrected chi connectivity index (χ3v) is 6.02. The van der Waals surface area contributed by atoms with Crippen LogP contribution in [0.1, 0.15) is 11.1 Å². The number of anilines is 1. The molecule has 1 N–H and O–H groups in total. The van der Waals surface area contributed by atoms with Gasteiger partial charge in [-0.2, -0.15) is 5.26 Å². The SMILES string of the molecule is Cc1ccc(S(=O)(=O)Nc2oc(-c3ccccc3)c(-c3ccccc3)c2C#N)cc1. The number of nitrogens with one attached hydrogen (secondary N) is 1. The van der Waals surface area contributed by atoms with Crippen molar-refractivity contribution in [3.8, 4) is 28.5 Å². The maximum Gasteiger partial charge on any atom is 0.264 e. The fraction of sp³-hybridized carbons (Fsp3) is 0.0417. The standard InChI is InChI=1S/C24H18N2O3S/c1-17-12-14-20(15-13-17)30(27,28)26-24-21(16-25)22(18-8-4-2-5-9-18)23(29-24)19-10-6-3-7-11-19/h2-15,26H,1H3. The number of hydrogen-bond acceptors (Lipinski definition) is 4. The van der Waals surface area contributed by atoms with Gasteiger partial charge in [-0.3, -0.25) is 0 Å². The van der Waals surface area contributed by atoms with Gasteiger partial charge in [-0.25, -0.2) is 13.1 Å². The lowest BCUT2D eigenvalue weighted by atomic mass is 9.98. The lowest BCUT2D eigenvalue weighted by molar-refractivity contribution is 0.584. The molecule has 0 spiro atoms. The fourth-order valence-corrected chi connectivity index (χ4v) is 4.18. The van der Waals surface area contributed by atoms with Gasteiger partial charge in [-0.05, 0) is 24.6 Å². The van der Waals surface area contributed by atoms with Gasteiger partial charge in [0.2, 0.25) is 5.88 Å². The normalized spacial score (nSPS) is 11.1. The number of sulfonamides is 1. The minimum Gasteiger partial charge on any atom is -0.438 e. The molecule has 0 radical (unpaired) electrons. The van der Waals surface area contributed by atoms with Crippen molar-refractivity contribution >= 4 is 15.9 Å². The lowest BCUT2D eigenvalue weighted by Gasteiger charge is -2.06. The Morgan fingerprint density at radius 2 is 1.40 bits per heavy atom. The second-order valence-corrected chi connectivity index (χ2v) is 8.46. The van der Waals surface area contributed by atoms with Crippen molar-refractivity contribution in [1.82, 2.24) is 0 Å². The van der Waals surface area contributed by atoms with Crippen molar-refractivity contribution in [1.29, 1.82) is 5.26 Å². The molecule has 30 heavy (non-hydrogen) atoms. The number of nitriles is 1. The third kappa shape index (κ3) is 3.71. The van der Waals surface area contributed by atoms with Crippen molar-refractivity contribution in [3.63, 3.8) is 0 Å². The van der Waals surface area contributed by atoms with Crippen molar-refractivity contribution in [2.75, 3.05) is 4.72 Å². The molecule has 0 saturated carbocycles. The molecule has 0 amide bonds. The highest BCUT2D eigenvalue weighted by Crippen LogP contribution is 2.41. The first-order chi connectivity index (χ1) is 14.5. The smallest absolute Gasteiger partial charge is 0.264 e. The van der Waals surface area contributed by atoms with Gasteiger partial charge in [-0.1, -0.05) is 78.4 Å². The quantitative estimate of drug-likeness (QED) is 0.461. The molecule has 0 aliphatic heterocycles. The lowest BCUT2D eigenvalue weighted by Crippen LogP contribution is -2.13. The second-order valence-electron chi connectivity index (χ2n) is 6.77. The number of furan rings is 1. The van der Waals surface area contributed by atoms with Crippen molar-refractivity contribution in [2.24, 2.45) is 0 Å². The Labute approximate surface area is 175 Å². The summed E-state index contributed by atoms with van der Waals surface area (Å²) >= 11 is 0. The van der Waals surface area contributed by atoms with Gasteiger partial charge in [0, 0.05) is 11.1 Å². The first-order valence-corrected chi connectivity index (χ1v) is 10.7. The van der Waals surface area contributed by atoms with Gasteiger partial charge >= 0.3 is 0 Å². The highest BCUT2D eigenvalue weighted by Gasteiger charge is 2.26. The topological polar surface area (TPSA) is 83.1 Å². The highest BCUT2D eigenvalue weighted by atomic mass is 32.2. The molecular formula is C24H18N2O3S. The maximum absolute atomic E-state index is 12.9. The molecule has 0 aliphatic rings. The predicted molar refractivity (Wildman–Crippen MR) is 116 cm³/mol. The van der Waals surface area contributed by atoms with Gasteiger partial charge in [0.25, 0.3) is 10.0 Å². The Balaban J connectivity index is 1.88. The van der Waals surface area contributed by atoms with Crippen LogP contribution in [0.3, 0.4) is 0 Å². The summed E-state index contributed by atoms with van der Waals surface area (Å²) in [6, 6.07) is 27.2. The number of rotatable bonds is 5. The second kappa shape index (κ2) is 7.90. The summed E-state index contributed by atoms with van der Waals surface area (Å²) < 4.78 is 34.2. The summed E-state index contributed by atoms with van der Waals surface area (Å²) in [6.07, 6.45) is 0. The molecule has 4 rings (SSSR count). The molecule has 1 aromatic heterocycles. The minimum absolute atomic E-state index is 0.0934. The van der Waals surface area contributed by atoms with Crippen molar-refractivity contribution in [3.05, 3.63) is 96.1 Å². The number of hydrogen-bond donors (Lipinski definition) is 1. The van der Waals surface area contributed by atoms with Crippen LogP contribution in [-0.2, 0) is 10.0 Å². The number of nitrogens with zero attached hydrogens (tertiary/aromatic N) is 1. The van der Waals surface area contributed by atoms with Crippen LogP contribution in [0.2, 0.25) is 0 Å². The van der Waals surface area contributed by atoms with Gasteiger partial charge in [0.05, 0.1) is 4.90 Å². The van der Waals surface area contributed by atoms with E-state index in [1.54, 1.807) is 12.1 Å². The average Bonchev–Trinajstić information content (AvgIpc) is 3.12. The molecule has 0 fully saturated rings. The fourth-order valence-electron chi connectivity index (χ4n) is 3.18. The number of benzene rings is 3. The zero-order chi connectivity index (χ0) is 21.1. The van der Waals surface area contributed by atoms with Crippen molar-refractivity contribution < 1.29 is 12.8 Å². The Kier molecular flexibility index (Phi) is 5.13. The van der Waals surface area contributed by atoms with Crippen LogP contribution in [0, 0.1) is 18.3 Å². The average molecular weight is 414 g/mol. The van der Waals surface area contributed by atoms with E-state index in [0.717, 1.165) is 16.7 Å². The number of aryl methyl sites for hydroxylation is 1. The monoisotopic (exact) mass is 414 g/mol. The van der Waals surface area contributed by atoms with Crippen LogP contribution >= 0.6 is 0 Å². The first-order valence-electron chi connectivity index (χ1n) is 9.27. The summed E-state index contributed by atoms with van der Waals surface area (Å²) in [7, 11) is -3.93. The van der Waals surface area contributed by atoms with Gasteiger partial charge in [0.1, 0.15) is 17.4 Å². The van der Waals surface area contributed by atoms with Crippen LogP contribution in [-0.4, -0.2) is 8.42 Å². The molecule has 0 saturated heterocycles. The van der Waals surface area contributed by atoms with Crippen LogP contribution in [0.15, 0.2) is 94.2 Å².